The Hall–Kier alpha value is -3.75. The van der Waals surface area contributed by atoms with Crippen LogP contribution in [0.4, 0.5) is 0 Å². The van der Waals surface area contributed by atoms with Gasteiger partial charge in [-0.1, -0.05) is 150 Å². The number of esters is 2. The zero-order valence-electron chi connectivity index (χ0n) is 35.8. The first-order valence-corrected chi connectivity index (χ1v) is 21.3. The number of likely N-dealkylation sites (N-methyl/N-ethyl adjacent to an activating group) is 1. The molecule has 0 spiro atoms. The lowest BCUT2D eigenvalue weighted by atomic mass is 10.1. The van der Waals surface area contributed by atoms with Gasteiger partial charge in [-0.3, -0.25) is 9.59 Å². The third kappa shape index (κ3) is 35.9. The van der Waals surface area contributed by atoms with Gasteiger partial charge in [0, 0.05) is 19.3 Å². The minimum Gasteiger partial charge on any atom is -0.544 e. The number of carbonyl (C=O) groups excluding carboxylic acids is 3. The molecule has 8 nitrogen and oxygen atoms in total. The first-order valence-electron chi connectivity index (χ1n) is 21.3. The summed E-state index contributed by atoms with van der Waals surface area (Å²) in [6.45, 7) is 4.38. The van der Waals surface area contributed by atoms with Crippen molar-refractivity contribution in [2.45, 2.75) is 148 Å². The van der Waals surface area contributed by atoms with Gasteiger partial charge in [0.25, 0.3) is 0 Å². The number of hydrogen-bond acceptors (Lipinski definition) is 7. The minimum atomic E-state index is -1.14. The van der Waals surface area contributed by atoms with Crippen LogP contribution in [0, 0.1) is 0 Å². The van der Waals surface area contributed by atoms with Crippen LogP contribution in [0.15, 0.2) is 97.2 Å². The Morgan fingerprint density at radius 2 is 1.07 bits per heavy atom. The molecule has 2 atom stereocenters. The normalized spacial score (nSPS) is 13.9. The molecule has 0 saturated heterocycles. The Balaban J connectivity index is 4.47. The molecule has 8 heteroatoms. The standard InChI is InChI=1S/C48H77NO7/c1-6-8-10-12-14-16-18-20-22-23-24-25-27-28-30-32-34-36-38-46(50)55-43-44(42-54-41-40-45(48(52)53)49(3,4)5)56-47(51)39-37-35-33-31-29-26-21-19-17-15-13-11-9-7-2/h9-12,14-18,20-26,44-45H,6-8,13,19,27-43H2,1-5H3/b11-9+,12-10+,16-14+,17-15+,20-18+,23-22+,25-24+,26-21+. The van der Waals surface area contributed by atoms with Crippen molar-refractivity contribution in [3.8, 4) is 0 Å². The summed E-state index contributed by atoms with van der Waals surface area (Å²) < 4.78 is 17.1. The molecule has 0 bridgehead atoms. The summed E-state index contributed by atoms with van der Waals surface area (Å²) in [6.07, 6.45) is 49.9. The van der Waals surface area contributed by atoms with Crippen LogP contribution in [-0.4, -0.2) is 75.5 Å². The Labute approximate surface area is 341 Å². The van der Waals surface area contributed by atoms with Crippen molar-refractivity contribution in [2.24, 2.45) is 0 Å². The van der Waals surface area contributed by atoms with E-state index in [1.165, 1.54) is 6.42 Å². The van der Waals surface area contributed by atoms with E-state index in [0.29, 0.717) is 6.42 Å². The van der Waals surface area contributed by atoms with Crippen LogP contribution in [-0.2, 0) is 28.6 Å². The third-order valence-corrected chi connectivity index (χ3v) is 8.81. The second-order valence-corrected chi connectivity index (χ2v) is 15.0. The van der Waals surface area contributed by atoms with E-state index in [-0.39, 0.29) is 49.1 Å². The summed E-state index contributed by atoms with van der Waals surface area (Å²) >= 11 is 0. The molecule has 0 amide bonds. The van der Waals surface area contributed by atoms with Crippen LogP contribution in [0.5, 0.6) is 0 Å². The van der Waals surface area contributed by atoms with Crippen LogP contribution in [0.1, 0.15) is 136 Å². The molecule has 0 heterocycles. The number of aliphatic carboxylic acids is 1. The first kappa shape index (κ1) is 52.2. The highest BCUT2D eigenvalue weighted by atomic mass is 16.6. The second-order valence-electron chi connectivity index (χ2n) is 15.0. The number of carbonyl (C=O) groups is 3. The maximum Gasteiger partial charge on any atom is 0.306 e. The number of ether oxygens (including phenoxy) is 3. The lowest BCUT2D eigenvalue weighted by Crippen LogP contribution is -2.55. The Kier molecular flexibility index (Phi) is 35.6. The van der Waals surface area contributed by atoms with Gasteiger partial charge in [0.1, 0.15) is 12.6 Å². The molecule has 2 unspecified atom stereocenters. The maximum absolute atomic E-state index is 12.7. The number of rotatable bonds is 36. The monoisotopic (exact) mass is 780 g/mol. The molecule has 0 radical (unpaired) electrons. The van der Waals surface area contributed by atoms with Gasteiger partial charge in [-0.05, 0) is 64.2 Å². The molecular formula is C48H77NO7. The molecule has 0 N–H and O–H groups in total. The average molecular weight is 780 g/mol. The lowest BCUT2D eigenvalue weighted by Gasteiger charge is -2.34. The first-order chi connectivity index (χ1) is 27.1. The van der Waals surface area contributed by atoms with Crippen LogP contribution in [0.3, 0.4) is 0 Å². The molecule has 0 aromatic heterocycles. The minimum absolute atomic E-state index is 0.0161. The number of nitrogens with zero attached hydrogens (tertiary/aromatic N) is 1. The summed E-state index contributed by atoms with van der Waals surface area (Å²) in [4.78, 5) is 36.8. The van der Waals surface area contributed by atoms with Crippen molar-refractivity contribution in [1.29, 1.82) is 0 Å². The molecule has 0 aliphatic rings. The van der Waals surface area contributed by atoms with Gasteiger partial charge in [0.2, 0.25) is 0 Å². The Morgan fingerprint density at radius 3 is 1.64 bits per heavy atom. The van der Waals surface area contributed by atoms with E-state index in [2.05, 4.69) is 74.6 Å². The summed E-state index contributed by atoms with van der Waals surface area (Å²) in [7, 11) is 5.37. The topological polar surface area (TPSA) is 102 Å². The van der Waals surface area contributed by atoms with Gasteiger partial charge in [-0.2, -0.15) is 0 Å². The third-order valence-electron chi connectivity index (χ3n) is 8.81. The van der Waals surface area contributed by atoms with Crippen molar-refractivity contribution in [2.75, 3.05) is 41.0 Å². The predicted molar refractivity (Wildman–Crippen MR) is 231 cm³/mol. The Bertz CT molecular complexity index is 1230. The SMILES string of the molecule is CC/C=C/C/C=C/C/C=C/CCCCCCC(=O)OC(COCCC(C(=O)[O-])[N+](C)(C)C)COC(=O)CCCCCCC/C=C/C=C/C=C/C=C/C=C/CCC. The van der Waals surface area contributed by atoms with E-state index in [1.54, 1.807) is 21.1 Å². The quantitative estimate of drug-likeness (QED) is 0.0205. The van der Waals surface area contributed by atoms with Gasteiger partial charge >= 0.3 is 11.9 Å². The number of hydrogen-bond donors (Lipinski definition) is 0. The molecule has 0 aromatic rings. The van der Waals surface area contributed by atoms with Gasteiger partial charge in [-0.25, -0.2) is 0 Å². The maximum atomic E-state index is 12.7. The van der Waals surface area contributed by atoms with Crippen molar-refractivity contribution in [3.05, 3.63) is 97.2 Å². The summed E-state index contributed by atoms with van der Waals surface area (Å²) in [5, 5.41) is 11.6. The van der Waals surface area contributed by atoms with Gasteiger partial charge < -0.3 is 28.6 Å². The van der Waals surface area contributed by atoms with E-state index in [0.717, 1.165) is 96.3 Å². The van der Waals surface area contributed by atoms with Crippen LogP contribution in [0.2, 0.25) is 0 Å². The van der Waals surface area contributed by atoms with E-state index >= 15 is 0 Å². The predicted octanol–water partition coefficient (Wildman–Crippen LogP) is 10.2. The van der Waals surface area contributed by atoms with Crippen molar-refractivity contribution >= 4 is 17.9 Å². The fraction of sp³-hybridized carbons (Fsp3) is 0.604. The average Bonchev–Trinajstić information content (AvgIpc) is 3.15. The van der Waals surface area contributed by atoms with Crippen molar-refractivity contribution in [1.82, 2.24) is 0 Å². The van der Waals surface area contributed by atoms with Crippen LogP contribution < -0.4 is 5.11 Å². The van der Waals surface area contributed by atoms with E-state index in [1.807, 2.05) is 36.5 Å². The number of carboxylic acids is 1. The summed E-state index contributed by atoms with van der Waals surface area (Å²) in [5.74, 6) is -1.81. The molecule has 0 saturated carbocycles. The highest BCUT2D eigenvalue weighted by Gasteiger charge is 2.25. The largest absolute Gasteiger partial charge is 0.544 e. The lowest BCUT2D eigenvalue weighted by molar-refractivity contribution is -0.889. The molecule has 0 fully saturated rings. The fourth-order valence-corrected chi connectivity index (χ4v) is 5.52. The number of unbranched alkanes of at least 4 members (excludes halogenated alkanes) is 10. The molecular weight excluding hydrogens is 703 g/mol. The number of allylic oxidation sites excluding steroid dienone is 16. The Morgan fingerprint density at radius 1 is 0.571 bits per heavy atom. The van der Waals surface area contributed by atoms with Gasteiger partial charge in [-0.15, -0.1) is 0 Å². The fourth-order valence-electron chi connectivity index (χ4n) is 5.52. The van der Waals surface area contributed by atoms with E-state index < -0.39 is 18.1 Å². The smallest absolute Gasteiger partial charge is 0.306 e. The van der Waals surface area contributed by atoms with E-state index in [9.17, 15) is 19.5 Å². The van der Waals surface area contributed by atoms with Crippen LogP contribution in [0.25, 0.3) is 0 Å². The second kappa shape index (κ2) is 38.1. The molecule has 56 heavy (non-hydrogen) atoms. The molecule has 0 aliphatic heterocycles. The molecule has 0 aliphatic carbocycles. The van der Waals surface area contributed by atoms with E-state index in [4.69, 9.17) is 14.2 Å². The number of carboxylic acid groups (broad SMARTS) is 1. The zero-order valence-corrected chi connectivity index (χ0v) is 35.8. The highest BCUT2D eigenvalue weighted by molar-refractivity contribution is 5.70. The van der Waals surface area contributed by atoms with Crippen molar-refractivity contribution < 1.29 is 38.2 Å². The van der Waals surface area contributed by atoms with Gasteiger partial charge in [0.05, 0.1) is 40.3 Å². The molecule has 316 valence electrons. The van der Waals surface area contributed by atoms with Crippen molar-refractivity contribution in [3.63, 3.8) is 0 Å². The zero-order chi connectivity index (χ0) is 41.4. The highest BCUT2D eigenvalue weighted by Crippen LogP contribution is 2.12. The number of quaternary nitrogens is 1. The summed E-state index contributed by atoms with van der Waals surface area (Å²) in [6, 6.07) is -0.740. The van der Waals surface area contributed by atoms with Gasteiger partial charge in [0.15, 0.2) is 6.10 Å². The molecule has 0 rings (SSSR count). The summed E-state index contributed by atoms with van der Waals surface area (Å²) in [5.41, 5.74) is 0. The molecule has 0 aromatic carbocycles. The van der Waals surface area contributed by atoms with Crippen LogP contribution >= 0.6 is 0 Å².